The Kier molecular flexibility index (Phi) is 7.16. The lowest BCUT2D eigenvalue weighted by molar-refractivity contribution is 0.354. The van der Waals surface area contributed by atoms with Gasteiger partial charge in [-0.05, 0) is 69.5 Å². The van der Waals surface area contributed by atoms with Crippen LogP contribution in [0, 0.1) is 0 Å². The maximum atomic E-state index is 5.27. The monoisotopic (exact) mass is 729 g/mol. The lowest BCUT2D eigenvalue weighted by Crippen LogP contribution is -2.28. The third kappa shape index (κ3) is 4.79. The molecule has 0 amide bonds. The Labute approximate surface area is 331 Å². The molecule has 0 N–H and O–H groups in total. The van der Waals surface area contributed by atoms with Crippen LogP contribution in [0.3, 0.4) is 0 Å². The van der Waals surface area contributed by atoms with Crippen LogP contribution in [0.1, 0.15) is 43.2 Å². The highest BCUT2D eigenvalue weighted by Gasteiger charge is 2.47. The second-order valence-electron chi connectivity index (χ2n) is 16.0. The average molecular weight is 730 g/mol. The van der Waals surface area contributed by atoms with Crippen LogP contribution in [0.15, 0.2) is 176 Å². The summed E-state index contributed by atoms with van der Waals surface area (Å²) in [7, 11) is 0. The highest BCUT2D eigenvalue weighted by molar-refractivity contribution is 6.30. The summed E-state index contributed by atoms with van der Waals surface area (Å²) >= 11 is 0. The quantitative estimate of drug-likeness (QED) is 0.181. The molecule has 2 heterocycles. The molecule has 2 aromatic heterocycles. The molecule has 0 atom stereocenters. The number of hydrogen-bond donors (Lipinski definition) is 0. The maximum absolute atomic E-state index is 5.27. The van der Waals surface area contributed by atoms with Gasteiger partial charge >= 0.3 is 0 Å². The Morgan fingerprint density at radius 1 is 0.456 bits per heavy atom. The van der Waals surface area contributed by atoms with E-state index in [-0.39, 0.29) is 5.41 Å². The van der Waals surface area contributed by atoms with Crippen molar-refractivity contribution >= 4 is 43.4 Å². The largest absolute Gasteiger partial charge is 0.308 e. The van der Waals surface area contributed by atoms with Gasteiger partial charge in [0.1, 0.15) is 0 Å². The summed E-state index contributed by atoms with van der Waals surface area (Å²) in [4.78, 5) is 10.5. The molecule has 3 nitrogen and oxygen atoms in total. The van der Waals surface area contributed by atoms with E-state index in [2.05, 4.69) is 180 Å². The highest BCUT2D eigenvalue weighted by Crippen LogP contribution is 2.61. The molecule has 0 radical (unpaired) electrons. The van der Waals surface area contributed by atoms with E-state index in [1.54, 1.807) is 0 Å². The second kappa shape index (κ2) is 12.6. The highest BCUT2D eigenvalue weighted by atomic mass is 15.0. The molecule has 1 spiro atoms. The molecule has 2 aliphatic rings. The summed E-state index contributed by atoms with van der Waals surface area (Å²) in [5.74, 6) is 0.717. The van der Waals surface area contributed by atoms with Crippen molar-refractivity contribution in [3.05, 3.63) is 187 Å². The predicted molar refractivity (Wildman–Crippen MR) is 237 cm³/mol. The van der Waals surface area contributed by atoms with Crippen LogP contribution in [-0.4, -0.2) is 14.5 Å². The van der Waals surface area contributed by atoms with Crippen molar-refractivity contribution in [3.63, 3.8) is 0 Å². The standard InChI is InChI=1S/C54H39N3/c1-4-18-36(19-5-1)46-34-47(37-20-6-2-7-21-37)56-53(55-46)38-22-16-23-39(33-38)57-51-40-24-9-8-17-35(40)29-30-44(51)49-42-26-11-10-25-41(42)48-43-27-12-13-28-45(43)54(50(48)52(49)57)31-14-3-15-32-54/h1-2,4-13,16-30,33-34H,3,14-15,31-32H2. The zero-order chi connectivity index (χ0) is 37.5. The first-order valence-corrected chi connectivity index (χ1v) is 20.4. The molecule has 8 aromatic carbocycles. The van der Waals surface area contributed by atoms with E-state index in [0.29, 0.717) is 0 Å². The number of aromatic nitrogens is 3. The Balaban J connectivity index is 1.21. The van der Waals surface area contributed by atoms with Crippen LogP contribution in [-0.2, 0) is 5.41 Å². The van der Waals surface area contributed by atoms with Gasteiger partial charge in [-0.25, -0.2) is 9.97 Å². The van der Waals surface area contributed by atoms with E-state index in [1.807, 2.05) is 0 Å². The van der Waals surface area contributed by atoms with E-state index >= 15 is 0 Å². The molecule has 3 heteroatoms. The Hall–Kier alpha value is -6.84. The second-order valence-corrected chi connectivity index (χ2v) is 16.0. The minimum Gasteiger partial charge on any atom is -0.308 e. The fourth-order valence-corrected chi connectivity index (χ4v) is 10.5. The van der Waals surface area contributed by atoms with Crippen LogP contribution in [0.4, 0.5) is 0 Å². The summed E-state index contributed by atoms with van der Waals surface area (Å²) in [6.07, 6.45) is 6.09. The van der Waals surface area contributed by atoms with E-state index in [0.717, 1.165) is 52.4 Å². The SMILES string of the molecule is c1ccc(-c2cc(-c3ccccc3)nc(-c3cccc(-n4c5c6c(c7ccccc7c5c5ccc7ccccc7c54)-c4ccccc4C64CCCCC4)c3)n2)cc1. The molecule has 10 aromatic rings. The molecular formula is C54H39N3. The molecule has 2 aliphatic carbocycles. The molecular weight excluding hydrogens is 691 g/mol. The van der Waals surface area contributed by atoms with Gasteiger partial charge in [0.25, 0.3) is 0 Å². The zero-order valence-electron chi connectivity index (χ0n) is 31.6. The third-order valence-corrected chi connectivity index (χ3v) is 12.9. The molecule has 57 heavy (non-hydrogen) atoms. The fourth-order valence-electron chi connectivity index (χ4n) is 10.5. The van der Waals surface area contributed by atoms with Crippen molar-refractivity contribution in [2.75, 3.05) is 0 Å². The normalized spacial score (nSPS) is 14.5. The van der Waals surface area contributed by atoms with Crippen LogP contribution in [0.5, 0.6) is 0 Å². The smallest absolute Gasteiger partial charge is 0.160 e. The molecule has 1 fully saturated rings. The topological polar surface area (TPSA) is 30.7 Å². The van der Waals surface area contributed by atoms with E-state index in [9.17, 15) is 0 Å². The third-order valence-electron chi connectivity index (χ3n) is 12.9. The number of hydrogen-bond acceptors (Lipinski definition) is 2. The van der Waals surface area contributed by atoms with Crippen molar-refractivity contribution in [2.45, 2.75) is 37.5 Å². The van der Waals surface area contributed by atoms with Crippen molar-refractivity contribution in [1.29, 1.82) is 0 Å². The van der Waals surface area contributed by atoms with Gasteiger partial charge in [-0.15, -0.1) is 0 Å². The minimum atomic E-state index is -0.0519. The molecule has 0 saturated heterocycles. The van der Waals surface area contributed by atoms with Crippen LogP contribution in [0.25, 0.3) is 94.1 Å². The molecule has 0 aliphatic heterocycles. The zero-order valence-corrected chi connectivity index (χ0v) is 31.6. The van der Waals surface area contributed by atoms with Gasteiger partial charge in [0.05, 0.1) is 22.4 Å². The van der Waals surface area contributed by atoms with Crippen LogP contribution >= 0.6 is 0 Å². The van der Waals surface area contributed by atoms with Crippen molar-refractivity contribution in [3.8, 4) is 50.7 Å². The van der Waals surface area contributed by atoms with E-state index in [4.69, 9.17) is 9.97 Å². The number of fused-ring (bicyclic) bond motifs is 14. The summed E-state index contributed by atoms with van der Waals surface area (Å²) in [5.41, 5.74) is 14.5. The number of benzene rings is 8. The van der Waals surface area contributed by atoms with Crippen molar-refractivity contribution in [2.24, 2.45) is 0 Å². The van der Waals surface area contributed by atoms with Crippen LogP contribution < -0.4 is 0 Å². The minimum absolute atomic E-state index is 0.0519. The maximum Gasteiger partial charge on any atom is 0.160 e. The van der Waals surface area contributed by atoms with Crippen molar-refractivity contribution in [1.82, 2.24) is 14.5 Å². The predicted octanol–water partition coefficient (Wildman–Crippen LogP) is 14.1. The summed E-state index contributed by atoms with van der Waals surface area (Å²) in [6.45, 7) is 0. The van der Waals surface area contributed by atoms with E-state index < -0.39 is 0 Å². The first-order chi connectivity index (χ1) is 28.3. The van der Waals surface area contributed by atoms with Gasteiger partial charge in [0.2, 0.25) is 0 Å². The van der Waals surface area contributed by atoms with Gasteiger partial charge in [-0.2, -0.15) is 0 Å². The first-order valence-electron chi connectivity index (χ1n) is 20.4. The van der Waals surface area contributed by atoms with Gasteiger partial charge in [-0.3, -0.25) is 0 Å². The average Bonchev–Trinajstić information content (AvgIpc) is 3.78. The Bertz CT molecular complexity index is 3150. The van der Waals surface area contributed by atoms with Gasteiger partial charge in [0, 0.05) is 44.0 Å². The lowest BCUT2D eigenvalue weighted by Gasteiger charge is -2.36. The Morgan fingerprint density at radius 3 is 1.84 bits per heavy atom. The summed E-state index contributed by atoms with van der Waals surface area (Å²) in [6, 6.07) is 64.2. The van der Waals surface area contributed by atoms with Crippen molar-refractivity contribution < 1.29 is 0 Å². The van der Waals surface area contributed by atoms with Gasteiger partial charge in [0.15, 0.2) is 5.82 Å². The molecule has 270 valence electrons. The Morgan fingerprint density at radius 2 is 1.09 bits per heavy atom. The molecule has 12 rings (SSSR count). The summed E-state index contributed by atoms with van der Waals surface area (Å²) in [5, 5.41) is 7.82. The fraction of sp³-hybridized carbons (Fsp3) is 0.111. The molecule has 0 bridgehead atoms. The molecule has 1 saturated carbocycles. The van der Waals surface area contributed by atoms with E-state index in [1.165, 1.54) is 84.9 Å². The molecule has 0 unspecified atom stereocenters. The van der Waals surface area contributed by atoms with Gasteiger partial charge in [-0.1, -0.05) is 177 Å². The lowest BCUT2D eigenvalue weighted by atomic mass is 9.67. The van der Waals surface area contributed by atoms with Gasteiger partial charge < -0.3 is 4.57 Å². The van der Waals surface area contributed by atoms with Crippen LogP contribution in [0.2, 0.25) is 0 Å². The number of rotatable bonds is 4. The number of nitrogens with zero attached hydrogens (tertiary/aromatic N) is 3. The summed E-state index contributed by atoms with van der Waals surface area (Å²) < 4.78 is 2.63. The first kappa shape index (κ1) is 32.4.